The molecule has 0 aromatic heterocycles. The number of hydrogen-bond acceptors (Lipinski definition) is 0. The molecule has 3 rings (SSSR count). The molecule has 3 heteroatoms. The number of allylic oxidation sites excluding steroid dienone is 8. The van der Waals surface area contributed by atoms with E-state index in [0.29, 0.717) is 11.8 Å². The molecule has 0 amide bonds. The molecule has 1 atom stereocenters. The van der Waals surface area contributed by atoms with E-state index in [0.717, 1.165) is 6.42 Å². The molecule has 0 nitrogen and oxygen atoms in total. The summed E-state index contributed by atoms with van der Waals surface area (Å²) in [5.74, 6) is 1.18. The first kappa shape index (κ1) is 18.7. The van der Waals surface area contributed by atoms with Crippen LogP contribution in [0.3, 0.4) is 0 Å². The van der Waals surface area contributed by atoms with E-state index in [4.69, 9.17) is 17.0 Å². The van der Waals surface area contributed by atoms with E-state index in [9.17, 15) is 0 Å². The maximum atomic E-state index is 4.93. The van der Waals surface area contributed by atoms with Crippen molar-refractivity contribution in [3.05, 3.63) is 84.5 Å². The molecule has 1 aromatic carbocycles. The zero-order valence-electron chi connectivity index (χ0n) is 12.1. The van der Waals surface area contributed by atoms with Gasteiger partial charge in [-0.25, -0.2) is 0 Å². The predicted octanol–water partition coefficient (Wildman–Crippen LogP) is 6.41. The van der Waals surface area contributed by atoms with Crippen LogP contribution in [0.4, 0.5) is 0 Å². The van der Waals surface area contributed by atoms with Gasteiger partial charge in [0.1, 0.15) is 0 Å². The van der Waals surface area contributed by atoms with Gasteiger partial charge in [0.15, 0.2) is 0 Å². The molecule has 110 valence electrons. The van der Waals surface area contributed by atoms with Crippen LogP contribution in [0.15, 0.2) is 78.9 Å². The molecule has 1 aromatic rings. The van der Waals surface area contributed by atoms with Gasteiger partial charge >= 0.3 is 37.9 Å². The number of hydrogen-bond donors (Lipinski definition) is 0. The Balaban J connectivity index is 0.000000228. The monoisotopic (exact) mass is 396 g/mol. The van der Waals surface area contributed by atoms with Crippen molar-refractivity contribution < 1.29 is 20.8 Å². The van der Waals surface area contributed by atoms with Gasteiger partial charge in [-0.3, -0.25) is 0 Å². The van der Waals surface area contributed by atoms with Crippen LogP contribution in [0.1, 0.15) is 24.8 Å². The van der Waals surface area contributed by atoms with Gasteiger partial charge in [0.05, 0.1) is 0 Å². The Kier molecular flexibility index (Phi) is 10.9. The summed E-state index contributed by atoms with van der Waals surface area (Å²) in [5.41, 5.74) is 1.42. The summed E-state index contributed by atoms with van der Waals surface area (Å²) < 4.78 is 0. The Labute approximate surface area is 146 Å². The Hall–Kier alpha value is -0.357. The topological polar surface area (TPSA) is 0 Å². The molecule has 0 spiro atoms. The summed E-state index contributed by atoms with van der Waals surface area (Å²) in [7, 11) is 9.87. The van der Waals surface area contributed by atoms with E-state index in [2.05, 4.69) is 85.9 Å². The molecule has 0 radical (unpaired) electrons. The van der Waals surface area contributed by atoms with Gasteiger partial charge in [-0.05, 0) is 17.9 Å². The maximum absolute atomic E-state index is 4.93. The van der Waals surface area contributed by atoms with Crippen LogP contribution < -0.4 is 0 Å². The molecule has 0 saturated carbocycles. The number of benzene rings is 1. The van der Waals surface area contributed by atoms with Gasteiger partial charge in [0.25, 0.3) is 0 Å². The normalized spacial score (nSPS) is 16.0. The van der Waals surface area contributed by atoms with Crippen LogP contribution in [0.2, 0.25) is 0 Å². The van der Waals surface area contributed by atoms with E-state index < -0.39 is 20.8 Å². The summed E-state index contributed by atoms with van der Waals surface area (Å²) >= 11 is -0.826. The molecule has 0 N–H and O–H groups in total. The quantitative estimate of drug-likeness (QED) is 0.540. The van der Waals surface area contributed by atoms with Crippen LogP contribution in [0, 0.1) is 5.92 Å². The zero-order valence-corrected chi connectivity index (χ0v) is 16.1. The minimum absolute atomic E-state index is 0.586. The van der Waals surface area contributed by atoms with E-state index in [1.54, 1.807) is 0 Å². The van der Waals surface area contributed by atoms with Crippen LogP contribution in [0.5, 0.6) is 0 Å². The molecule has 1 unspecified atom stereocenters. The summed E-state index contributed by atoms with van der Waals surface area (Å²) in [6.07, 6.45) is 18.3. The molecule has 0 fully saturated rings. The molecule has 21 heavy (non-hydrogen) atoms. The summed E-state index contributed by atoms with van der Waals surface area (Å²) in [6, 6.07) is 10.7. The molecule has 2 aliphatic carbocycles. The van der Waals surface area contributed by atoms with Crippen molar-refractivity contribution in [2.75, 3.05) is 0 Å². The Bertz CT molecular complexity index is 467. The third-order valence-corrected chi connectivity index (χ3v) is 3.34. The first-order valence-electron chi connectivity index (χ1n) is 6.97. The average molecular weight is 398 g/mol. The molecular weight excluding hydrogens is 378 g/mol. The van der Waals surface area contributed by atoms with Crippen molar-refractivity contribution in [2.45, 2.75) is 19.3 Å². The van der Waals surface area contributed by atoms with E-state index >= 15 is 0 Å². The van der Waals surface area contributed by atoms with Gasteiger partial charge in [-0.1, -0.05) is 85.9 Å². The van der Waals surface area contributed by atoms with Crippen molar-refractivity contribution in [3.8, 4) is 0 Å². The van der Waals surface area contributed by atoms with Crippen LogP contribution in [0.25, 0.3) is 0 Å². The Morgan fingerprint density at radius 3 is 1.90 bits per heavy atom. The van der Waals surface area contributed by atoms with Crippen LogP contribution in [-0.4, -0.2) is 0 Å². The number of halogens is 2. The van der Waals surface area contributed by atoms with E-state index in [-0.39, 0.29) is 0 Å². The predicted molar refractivity (Wildman–Crippen MR) is 91.2 cm³/mol. The Morgan fingerprint density at radius 1 is 0.952 bits per heavy atom. The molecule has 0 heterocycles. The fourth-order valence-corrected chi connectivity index (χ4v) is 2.15. The fraction of sp³-hybridized carbons (Fsp3) is 0.222. The standard InChI is InChI=1S/C13H14.C5H6.2ClH.Zr/c1-11(13-9-5-6-10-13)12-7-3-2-4-8-12;1-2-4-5-3-1;;;/h2-11,13H,1H3;1-4H,5H2;2*1H;/q;;;;+2/p-2. The summed E-state index contributed by atoms with van der Waals surface area (Å²) in [6.45, 7) is 2.28. The third-order valence-electron chi connectivity index (χ3n) is 3.34. The van der Waals surface area contributed by atoms with Gasteiger partial charge in [-0.15, -0.1) is 0 Å². The van der Waals surface area contributed by atoms with E-state index in [1.807, 2.05) is 0 Å². The molecular formula is C18H20Cl2Zr. The van der Waals surface area contributed by atoms with Crippen molar-refractivity contribution in [3.63, 3.8) is 0 Å². The van der Waals surface area contributed by atoms with Crippen molar-refractivity contribution in [1.29, 1.82) is 0 Å². The van der Waals surface area contributed by atoms with Crippen LogP contribution in [-0.2, 0) is 20.8 Å². The second-order valence-corrected chi connectivity index (χ2v) is 8.44. The fourth-order valence-electron chi connectivity index (χ4n) is 2.15. The number of rotatable bonds is 2. The SMILES string of the molecule is C1=CCC=C1.CC(c1ccccc1)C1C=CC=C1.[Cl][Zr][Cl]. The summed E-state index contributed by atoms with van der Waals surface area (Å²) in [5, 5.41) is 0. The average Bonchev–Trinajstić information content (AvgIpc) is 3.24. The Morgan fingerprint density at radius 2 is 1.48 bits per heavy atom. The van der Waals surface area contributed by atoms with E-state index in [1.165, 1.54) is 5.56 Å². The second kappa shape index (κ2) is 12.2. The molecule has 0 bridgehead atoms. The van der Waals surface area contributed by atoms with Gasteiger partial charge < -0.3 is 0 Å². The van der Waals surface area contributed by atoms with Crippen molar-refractivity contribution >= 4 is 17.0 Å². The second-order valence-electron chi connectivity index (χ2n) is 4.71. The zero-order chi connectivity index (χ0) is 15.3. The summed E-state index contributed by atoms with van der Waals surface area (Å²) in [4.78, 5) is 0. The molecule has 2 aliphatic rings. The van der Waals surface area contributed by atoms with Gasteiger partial charge in [-0.2, -0.15) is 0 Å². The molecule has 0 saturated heterocycles. The first-order valence-corrected chi connectivity index (χ1v) is 13.3. The van der Waals surface area contributed by atoms with Crippen molar-refractivity contribution in [1.82, 2.24) is 0 Å². The van der Waals surface area contributed by atoms with Crippen LogP contribution >= 0.6 is 17.0 Å². The minimum atomic E-state index is -0.826. The third kappa shape index (κ3) is 8.00. The first-order chi connectivity index (χ1) is 10.3. The van der Waals surface area contributed by atoms with Gasteiger partial charge in [0.2, 0.25) is 0 Å². The van der Waals surface area contributed by atoms with Crippen molar-refractivity contribution in [2.24, 2.45) is 5.92 Å². The molecule has 0 aliphatic heterocycles. The van der Waals surface area contributed by atoms with Gasteiger partial charge in [0, 0.05) is 5.92 Å².